The van der Waals surface area contributed by atoms with Crippen LogP contribution in [0.1, 0.15) is 25.0 Å². The Labute approximate surface area is 106 Å². The number of carbonyl (C=O) groups is 1. The molecule has 0 saturated heterocycles. The van der Waals surface area contributed by atoms with Gasteiger partial charge in [0.15, 0.2) is 6.10 Å². The molecule has 0 bridgehead atoms. The van der Waals surface area contributed by atoms with Crippen LogP contribution in [0.15, 0.2) is 18.2 Å². The van der Waals surface area contributed by atoms with Gasteiger partial charge in [0.25, 0.3) is 5.91 Å². The highest BCUT2D eigenvalue weighted by molar-refractivity contribution is 6.02. The summed E-state index contributed by atoms with van der Waals surface area (Å²) in [5.41, 5.74) is 2.15. The van der Waals surface area contributed by atoms with E-state index in [0.717, 1.165) is 5.69 Å². The third-order valence-corrected chi connectivity index (χ3v) is 3.29. The summed E-state index contributed by atoms with van der Waals surface area (Å²) in [4.78, 5) is 13.3. The fraction of sp³-hybridized carbons (Fsp3) is 0.385. The van der Waals surface area contributed by atoms with E-state index in [4.69, 9.17) is 5.26 Å². The van der Waals surface area contributed by atoms with Crippen LogP contribution in [0, 0.1) is 11.3 Å². The van der Waals surface area contributed by atoms with Crippen LogP contribution in [0.5, 0.6) is 0 Å². The van der Waals surface area contributed by atoms with Gasteiger partial charge in [0.05, 0.1) is 12.5 Å². The number of amides is 1. The van der Waals surface area contributed by atoms with Crippen molar-refractivity contribution in [1.82, 2.24) is 0 Å². The number of aliphatic hydroxyl groups is 1. The molecule has 0 fully saturated rings. The van der Waals surface area contributed by atoms with Crippen LogP contribution < -0.4 is 10.2 Å². The van der Waals surface area contributed by atoms with Crippen LogP contribution in [0.4, 0.5) is 11.4 Å². The van der Waals surface area contributed by atoms with Gasteiger partial charge in [-0.1, -0.05) is 6.07 Å². The Balaban J connectivity index is 2.26. The van der Waals surface area contributed by atoms with Crippen LogP contribution in [-0.2, 0) is 4.79 Å². The first kappa shape index (κ1) is 12.4. The summed E-state index contributed by atoms with van der Waals surface area (Å²) in [7, 11) is 1.90. The number of benzene rings is 1. The smallest absolute Gasteiger partial charge is 0.257 e. The minimum absolute atomic E-state index is 0.0927. The summed E-state index contributed by atoms with van der Waals surface area (Å²) in [6.07, 6.45) is -0.640. The van der Waals surface area contributed by atoms with Crippen molar-refractivity contribution < 1.29 is 9.90 Å². The lowest BCUT2D eigenvalue weighted by molar-refractivity contribution is -0.123. The molecule has 5 nitrogen and oxygen atoms in total. The highest BCUT2D eigenvalue weighted by atomic mass is 16.3. The van der Waals surface area contributed by atoms with E-state index in [9.17, 15) is 9.90 Å². The molecule has 1 amide bonds. The second kappa shape index (κ2) is 4.67. The molecule has 1 aromatic rings. The van der Waals surface area contributed by atoms with Gasteiger partial charge in [-0.2, -0.15) is 5.26 Å². The zero-order valence-electron chi connectivity index (χ0n) is 10.3. The number of nitrogens with zero attached hydrogens (tertiary/aromatic N) is 2. The van der Waals surface area contributed by atoms with Gasteiger partial charge in [-0.25, -0.2) is 0 Å². The molecule has 2 unspecified atom stereocenters. The minimum atomic E-state index is -1.07. The van der Waals surface area contributed by atoms with E-state index < -0.39 is 12.0 Å². The largest absolute Gasteiger partial charge is 0.378 e. The van der Waals surface area contributed by atoms with Gasteiger partial charge in [0.2, 0.25) is 0 Å². The van der Waals surface area contributed by atoms with Crippen molar-refractivity contribution in [3.8, 4) is 6.07 Å². The Hall–Kier alpha value is -2.06. The Morgan fingerprint density at radius 3 is 3.00 bits per heavy atom. The van der Waals surface area contributed by atoms with Crippen LogP contribution in [-0.4, -0.2) is 24.1 Å². The van der Waals surface area contributed by atoms with Gasteiger partial charge >= 0.3 is 0 Å². The predicted molar refractivity (Wildman–Crippen MR) is 68.1 cm³/mol. The zero-order chi connectivity index (χ0) is 13.3. The third kappa shape index (κ3) is 2.03. The first-order chi connectivity index (χ1) is 8.54. The van der Waals surface area contributed by atoms with Crippen molar-refractivity contribution in [3.05, 3.63) is 23.8 Å². The monoisotopic (exact) mass is 245 g/mol. The van der Waals surface area contributed by atoms with Crippen molar-refractivity contribution in [2.75, 3.05) is 17.3 Å². The molecule has 0 aromatic heterocycles. The molecule has 0 radical (unpaired) electrons. The average molecular weight is 245 g/mol. The van der Waals surface area contributed by atoms with Gasteiger partial charge in [-0.05, 0) is 19.1 Å². The summed E-state index contributed by atoms with van der Waals surface area (Å²) in [5, 5.41) is 20.9. The van der Waals surface area contributed by atoms with E-state index in [-0.39, 0.29) is 6.04 Å². The molecular weight excluding hydrogens is 230 g/mol. The maximum atomic E-state index is 11.3. The van der Waals surface area contributed by atoms with Crippen LogP contribution >= 0.6 is 0 Å². The molecule has 1 heterocycles. The van der Waals surface area contributed by atoms with Gasteiger partial charge in [0, 0.05) is 30.0 Å². The number of nitrogens with one attached hydrogen (secondary N) is 1. The summed E-state index contributed by atoms with van der Waals surface area (Å²) >= 11 is 0. The lowest BCUT2D eigenvalue weighted by Crippen LogP contribution is -2.28. The molecule has 2 atom stereocenters. The maximum Gasteiger partial charge on any atom is 0.257 e. The van der Waals surface area contributed by atoms with Gasteiger partial charge < -0.3 is 15.3 Å². The summed E-state index contributed by atoms with van der Waals surface area (Å²) in [5.74, 6) is -0.394. The van der Waals surface area contributed by atoms with E-state index >= 15 is 0 Å². The molecular formula is C13H15N3O2. The molecule has 94 valence electrons. The fourth-order valence-electron chi connectivity index (χ4n) is 1.98. The number of fused-ring (bicyclic) bond motifs is 1. The van der Waals surface area contributed by atoms with E-state index in [1.54, 1.807) is 6.07 Å². The number of nitriles is 1. The lowest BCUT2D eigenvalue weighted by atomic mass is 10.1. The standard InChI is InChI=1S/C13H15N3O2/c1-8(5-6-14)16(2)9-3-4-10-11(7-9)15-13(18)12(10)17/h3-4,7-8,12,17H,5H2,1-2H3,(H,15,18). The minimum Gasteiger partial charge on any atom is -0.378 e. The van der Waals surface area contributed by atoms with Crippen molar-refractivity contribution in [3.63, 3.8) is 0 Å². The summed E-state index contributed by atoms with van der Waals surface area (Å²) in [6, 6.07) is 7.62. The molecule has 2 rings (SSSR count). The topological polar surface area (TPSA) is 76.4 Å². The first-order valence-electron chi connectivity index (χ1n) is 5.77. The van der Waals surface area contributed by atoms with Gasteiger partial charge in [-0.3, -0.25) is 4.79 Å². The summed E-state index contributed by atoms with van der Waals surface area (Å²) < 4.78 is 0. The molecule has 0 spiro atoms. The van der Waals surface area contributed by atoms with Crippen LogP contribution in [0.25, 0.3) is 0 Å². The Morgan fingerprint density at radius 1 is 1.61 bits per heavy atom. The van der Waals surface area contributed by atoms with Crippen molar-refractivity contribution in [2.45, 2.75) is 25.5 Å². The third-order valence-electron chi connectivity index (χ3n) is 3.29. The van der Waals surface area contributed by atoms with Gasteiger partial charge in [-0.15, -0.1) is 0 Å². The molecule has 1 aliphatic rings. The normalized spacial score (nSPS) is 18.8. The number of rotatable bonds is 3. The molecule has 2 N–H and O–H groups in total. The lowest BCUT2D eigenvalue weighted by Gasteiger charge is -2.25. The number of anilines is 2. The van der Waals surface area contributed by atoms with Crippen molar-refractivity contribution >= 4 is 17.3 Å². The number of hydrogen-bond donors (Lipinski definition) is 2. The number of hydrogen-bond acceptors (Lipinski definition) is 4. The number of aliphatic hydroxyl groups excluding tert-OH is 1. The second-order valence-electron chi connectivity index (χ2n) is 4.49. The van der Waals surface area contributed by atoms with E-state index in [1.165, 1.54) is 0 Å². The SMILES string of the molecule is CC(CC#N)N(C)c1ccc2c(c1)NC(=O)C2O. The van der Waals surface area contributed by atoms with E-state index in [0.29, 0.717) is 17.7 Å². The van der Waals surface area contributed by atoms with Gasteiger partial charge in [0.1, 0.15) is 0 Å². The van der Waals surface area contributed by atoms with Crippen LogP contribution in [0.2, 0.25) is 0 Å². The molecule has 0 aliphatic carbocycles. The van der Waals surface area contributed by atoms with E-state index in [2.05, 4.69) is 11.4 Å². The van der Waals surface area contributed by atoms with Crippen molar-refractivity contribution in [2.24, 2.45) is 0 Å². The predicted octanol–water partition coefficient (Wildman–Crippen LogP) is 1.41. The number of carbonyl (C=O) groups excluding carboxylic acids is 1. The Kier molecular flexibility index (Phi) is 3.21. The molecule has 1 aromatic carbocycles. The van der Waals surface area contributed by atoms with E-state index in [1.807, 2.05) is 31.0 Å². The Morgan fingerprint density at radius 2 is 2.33 bits per heavy atom. The highest BCUT2D eigenvalue weighted by Gasteiger charge is 2.28. The summed E-state index contributed by atoms with van der Waals surface area (Å²) in [6.45, 7) is 1.96. The average Bonchev–Trinajstić information content (AvgIpc) is 2.64. The Bertz CT molecular complexity index is 521. The molecule has 1 aliphatic heterocycles. The molecule has 5 heteroatoms. The second-order valence-corrected chi connectivity index (χ2v) is 4.49. The maximum absolute atomic E-state index is 11.3. The molecule has 0 saturated carbocycles. The van der Waals surface area contributed by atoms with Crippen LogP contribution in [0.3, 0.4) is 0 Å². The first-order valence-corrected chi connectivity index (χ1v) is 5.77. The quantitative estimate of drug-likeness (QED) is 0.844. The van der Waals surface area contributed by atoms with Crippen molar-refractivity contribution in [1.29, 1.82) is 5.26 Å². The zero-order valence-corrected chi connectivity index (χ0v) is 10.3. The fourth-order valence-corrected chi connectivity index (χ4v) is 1.98. The molecule has 18 heavy (non-hydrogen) atoms. The highest BCUT2D eigenvalue weighted by Crippen LogP contribution is 2.34.